The molecular formula is C10H9FN4OS. The smallest absolute Gasteiger partial charge is 0.231 e. The maximum absolute atomic E-state index is 12.6. The van der Waals surface area contributed by atoms with Crippen LogP contribution in [-0.2, 0) is 11.2 Å². The molecule has 0 aliphatic rings. The standard InChI is InChI=1S/C10H9FN4OS/c11-6-1-3-7(4-2-6)13-8(16)5-9-14-15-10(12)17-9/h1-4H,5H2,(H2,12,15)(H,13,16). The van der Waals surface area contributed by atoms with E-state index in [4.69, 9.17) is 5.73 Å². The Morgan fingerprint density at radius 2 is 2.06 bits per heavy atom. The fraction of sp³-hybridized carbons (Fsp3) is 0.100. The zero-order valence-electron chi connectivity index (χ0n) is 8.68. The molecule has 17 heavy (non-hydrogen) atoms. The summed E-state index contributed by atoms with van der Waals surface area (Å²) in [4.78, 5) is 11.6. The lowest BCUT2D eigenvalue weighted by Gasteiger charge is -2.02. The molecule has 0 saturated carbocycles. The number of nitrogen functional groups attached to an aromatic ring is 1. The average Bonchev–Trinajstić information content (AvgIpc) is 2.67. The summed E-state index contributed by atoms with van der Waals surface area (Å²) < 4.78 is 12.6. The fourth-order valence-electron chi connectivity index (χ4n) is 1.21. The van der Waals surface area contributed by atoms with Gasteiger partial charge >= 0.3 is 0 Å². The number of anilines is 2. The van der Waals surface area contributed by atoms with Gasteiger partial charge in [0, 0.05) is 5.69 Å². The number of nitrogens with zero attached hydrogens (tertiary/aromatic N) is 2. The van der Waals surface area contributed by atoms with Gasteiger partial charge in [-0.2, -0.15) is 0 Å². The quantitative estimate of drug-likeness (QED) is 0.866. The molecule has 88 valence electrons. The van der Waals surface area contributed by atoms with Crippen LogP contribution in [0.5, 0.6) is 0 Å². The minimum absolute atomic E-state index is 0.103. The van der Waals surface area contributed by atoms with E-state index in [1.54, 1.807) is 0 Å². The lowest BCUT2D eigenvalue weighted by Crippen LogP contribution is -2.14. The Hall–Kier alpha value is -2.02. The van der Waals surface area contributed by atoms with E-state index in [0.29, 0.717) is 15.8 Å². The lowest BCUT2D eigenvalue weighted by atomic mass is 10.3. The molecule has 1 amide bonds. The van der Waals surface area contributed by atoms with Crippen LogP contribution >= 0.6 is 11.3 Å². The SMILES string of the molecule is Nc1nnc(CC(=O)Nc2ccc(F)cc2)s1. The van der Waals surface area contributed by atoms with Gasteiger partial charge in [0.2, 0.25) is 11.0 Å². The van der Waals surface area contributed by atoms with E-state index in [1.165, 1.54) is 24.3 Å². The Morgan fingerprint density at radius 3 is 2.65 bits per heavy atom. The summed E-state index contributed by atoms with van der Waals surface area (Å²) in [5.41, 5.74) is 5.93. The molecule has 1 aromatic carbocycles. The number of amides is 1. The zero-order valence-corrected chi connectivity index (χ0v) is 9.50. The highest BCUT2D eigenvalue weighted by atomic mass is 32.1. The first-order valence-corrected chi connectivity index (χ1v) is 5.58. The fourth-order valence-corrected chi connectivity index (χ4v) is 1.82. The van der Waals surface area contributed by atoms with Gasteiger partial charge in [-0.05, 0) is 24.3 Å². The zero-order chi connectivity index (χ0) is 12.3. The van der Waals surface area contributed by atoms with Crippen LogP contribution in [0.3, 0.4) is 0 Å². The molecule has 1 aromatic heterocycles. The van der Waals surface area contributed by atoms with Crippen LogP contribution in [0, 0.1) is 5.82 Å². The molecule has 0 atom stereocenters. The Labute approximate surface area is 100 Å². The normalized spacial score (nSPS) is 10.2. The Balaban J connectivity index is 1.95. The monoisotopic (exact) mass is 252 g/mol. The summed E-state index contributed by atoms with van der Waals surface area (Å²) >= 11 is 1.16. The second kappa shape index (κ2) is 4.88. The number of hydrogen-bond donors (Lipinski definition) is 2. The van der Waals surface area contributed by atoms with Gasteiger partial charge in [0.05, 0.1) is 6.42 Å². The van der Waals surface area contributed by atoms with E-state index >= 15 is 0 Å². The van der Waals surface area contributed by atoms with Crippen molar-refractivity contribution in [1.29, 1.82) is 0 Å². The van der Waals surface area contributed by atoms with Crippen LogP contribution in [-0.4, -0.2) is 16.1 Å². The molecular weight excluding hydrogens is 243 g/mol. The number of nitrogens with one attached hydrogen (secondary N) is 1. The maximum atomic E-state index is 12.6. The molecule has 2 rings (SSSR count). The summed E-state index contributed by atoms with van der Waals surface area (Å²) in [6, 6.07) is 5.53. The number of nitrogens with two attached hydrogens (primary N) is 1. The number of benzene rings is 1. The molecule has 0 radical (unpaired) electrons. The van der Waals surface area contributed by atoms with Crippen molar-refractivity contribution in [2.24, 2.45) is 0 Å². The molecule has 0 spiro atoms. The molecule has 0 unspecified atom stereocenters. The molecule has 7 heteroatoms. The summed E-state index contributed by atoms with van der Waals surface area (Å²) in [6.07, 6.45) is 0.103. The minimum Gasteiger partial charge on any atom is -0.374 e. The first-order chi connectivity index (χ1) is 8.13. The predicted molar refractivity (Wildman–Crippen MR) is 63.1 cm³/mol. The molecule has 0 saturated heterocycles. The molecule has 3 N–H and O–H groups in total. The van der Waals surface area contributed by atoms with E-state index in [2.05, 4.69) is 15.5 Å². The van der Waals surface area contributed by atoms with E-state index in [0.717, 1.165) is 11.3 Å². The second-order valence-electron chi connectivity index (χ2n) is 3.27. The average molecular weight is 252 g/mol. The number of aromatic nitrogens is 2. The number of hydrogen-bond acceptors (Lipinski definition) is 5. The van der Waals surface area contributed by atoms with Gasteiger partial charge in [-0.15, -0.1) is 10.2 Å². The summed E-state index contributed by atoms with van der Waals surface area (Å²) in [5.74, 6) is -0.590. The Morgan fingerprint density at radius 1 is 1.35 bits per heavy atom. The van der Waals surface area contributed by atoms with Crippen LogP contribution in [0.25, 0.3) is 0 Å². The highest BCUT2D eigenvalue weighted by molar-refractivity contribution is 7.15. The van der Waals surface area contributed by atoms with Crippen LogP contribution < -0.4 is 11.1 Å². The van der Waals surface area contributed by atoms with Gasteiger partial charge in [-0.1, -0.05) is 11.3 Å². The molecule has 0 aliphatic heterocycles. The maximum Gasteiger partial charge on any atom is 0.231 e. The molecule has 0 fully saturated rings. The highest BCUT2D eigenvalue weighted by Gasteiger charge is 2.08. The van der Waals surface area contributed by atoms with Crippen molar-refractivity contribution in [3.8, 4) is 0 Å². The van der Waals surface area contributed by atoms with Gasteiger partial charge < -0.3 is 11.1 Å². The minimum atomic E-state index is -0.347. The number of carbonyl (C=O) groups excluding carboxylic acids is 1. The third-order valence-corrected chi connectivity index (χ3v) is 2.67. The molecule has 1 heterocycles. The van der Waals surface area contributed by atoms with Crippen LogP contribution in [0.15, 0.2) is 24.3 Å². The van der Waals surface area contributed by atoms with Crippen LogP contribution in [0.4, 0.5) is 15.2 Å². The van der Waals surface area contributed by atoms with Crippen LogP contribution in [0.1, 0.15) is 5.01 Å². The first kappa shape index (κ1) is 11.5. The third kappa shape index (κ3) is 3.22. The topological polar surface area (TPSA) is 80.9 Å². The van der Waals surface area contributed by atoms with Crippen molar-refractivity contribution in [2.45, 2.75) is 6.42 Å². The molecule has 5 nitrogen and oxygen atoms in total. The van der Waals surface area contributed by atoms with E-state index in [1.807, 2.05) is 0 Å². The summed E-state index contributed by atoms with van der Waals surface area (Å²) in [7, 11) is 0. The van der Waals surface area contributed by atoms with Gasteiger partial charge in [0.1, 0.15) is 10.8 Å². The predicted octanol–water partition coefficient (Wildman–Crippen LogP) is 1.44. The summed E-state index contributed by atoms with van der Waals surface area (Å²) in [5, 5.41) is 10.8. The Kier molecular flexibility index (Phi) is 3.29. The number of rotatable bonds is 3. The van der Waals surface area contributed by atoms with Gasteiger partial charge in [0.25, 0.3) is 0 Å². The number of halogens is 1. The molecule has 0 aliphatic carbocycles. The Bertz CT molecular complexity index is 525. The van der Waals surface area contributed by atoms with Gasteiger partial charge in [-0.25, -0.2) is 4.39 Å². The molecule has 2 aromatic rings. The van der Waals surface area contributed by atoms with E-state index in [9.17, 15) is 9.18 Å². The van der Waals surface area contributed by atoms with Gasteiger partial charge in [-0.3, -0.25) is 4.79 Å². The van der Waals surface area contributed by atoms with Gasteiger partial charge in [0.15, 0.2) is 0 Å². The largest absolute Gasteiger partial charge is 0.374 e. The van der Waals surface area contributed by atoms with E-state index < -0.39 is 0 Å². The second-order valence-corrected chi connectivity index (χ2v) is 4.36. The van der Waals surface area contributed by atoms with Crippen molar-refractivity contribution in [2.75, 3.05) is 11.1 Å². The highest BCUT2D eigenvalue weighted by Crippen LogP contribution is 2.13. The van der Waals surface area contributed by atoms with E-state index in [-0.39, 0.29) is 18.1 Å². The third-order valence-electron chi connectivity index (χ3n) is 1.92. The van der Waals surface area contributed by atoms with Crippen molar-refractivity contribution in [3.05, 3.63) is 35.1 Å². The first-order valence-electron chi connectivity index (χ1n) is 4.77. The van der Waals surface area contributed by atoms with Crippen molar-refractivity contribution in [3.63, 3.8) is 0 Å². The number of carbonyl (C=O) groups is 1. The summed E-state index contributed by atoms with van der Waals surface area (Å²) in [6.45, 7) is 0. The van der Waals surface area contributed by atoms with Crippen molar-refractivity contribution < 1.29 is 9.18 Å². The molecule has 0 bridgehead atoms. The lowest BCUT2D eigenvalue weighted by molar-refractivity contribution is -0.115. The van der Waals surface area contributed by atoms with Crippen molar-refractivity contribution in [1.82, 2.24) is 10.2 Å². The van der Waals surface area contributed by atoms with Crippen molar-refractivity contribution >= 4 is 28.1 Å². The van der Waals surface area contributed by atoms with Crippen LogP contribution in [0.2, 0.25) is 0 Å².